The molecule has 3 nitrogen and oxygen atoms in total. The average Bonchev–Trinajstić information content (AvgIpc) is 2.48. The van der Waals surface area contributed by atoms with Gasteiger partial charge in [0.15, 0.2) is 11.5 Å². The van der Waals surface area contributed by atoms with Crippen LogP contribution < -0.4 is 9.47 Å². The maximum absolute atomic E-state index is 5.82. The van der Waals surface area contributed by atoms with Crippen LogP contribution in [-0.2, 0) is 12.3 Å². The number of rotatable bonds is 5. The molecule has 4 heteroatoms. The van der Waals surface area contributed by atoms with Gasteiger partial charge in [-0.05, 0) is 30.2 Å². The first-order valence-electron chi connectivity index (χ1n) is 6.12. The third-order valence-electron chi connectivity index (χ3n) is 2.79. The summed E-state index contributed by atoms with van der Waals surface area (Å²) in [5.74, 6) is 2.48. The summed E-state index contributed by atoms with van der Waals surface area (Å²) in [6.07, 6.45) is 2.64. The van der Waals surface area contributed by atoms with Crippen molar-refractivity contribution >= 4 is 11.6 Å². The quantitative estimate of drug-likeness (QED) is 0.768. The number of hydrogen-bond acceptors (Lipinski definition) is 3. The van der Waals surface area contributed by atoms with Crippen LogP contribution in [0.15, 0.2) is 36.5 Å². The number of halogens is 1. The van der Waals surface area contributed by atoms with Gasteiger partial charge < -0.3 is 9.47 Å². The van der Waals surface area contributed by atoms with Crippen molar-refractivity contribution in [2.75, 3.05) is 7.11 Å². The van der Waals surface area contributed by atoms with Crippen LogP contribution in [0.3, 0.4) is 0 Å². The largest absolute Gasteiger partial charge is 0.493 e. The molecule has 1 aromatic carbocycles. The van der Waals surface area contributed by atoms with Gasteiger partial charge in [-0.3, -0.25) is 4.98 Å². The molecule has 0 atom stereocenters. The summed E-state index contributed by atoms with van der Waals surface area (Å²) in [5.41, 5.74) is 1.99. The van der Waals surface area contributed by atoms with Gasteiger partial charge >= 0.3 is 0 Å². The molecule has 0 N–H and O–H groups in total. The van der Waals surface area contributed by atoms with Crippen molar-refractivity contribution in [2.45, 2.75) is 19.2 Å². The Hall–Kier alpha value is -1.74. The summed E-state index contributed by atoms with van der Waals surface area (Å²) in [4.78, 5) is 4.13. The molecule has 0 fully saturated rings. The first-order valence-corrected chi connectivity index (χ1v) is 6.66. The normalized spacial score (nSPS) is 10.3. The van der Waals surface area contributed by atoms with Crippen LogP contribution in [0.25, 0.3) is 0 Å². The van der Waals surface area contributed by atoms with Crippen LogP contribution in [-0.4, -0.2) is 12.1 Å². The third-order valence-corrected chi connectivity index (χ3v) is 3.06. The molecule has 100 valence electrons. The smallest absolute Gasteiger partial charge is 0.169 e. The number of benzene rings is 1. The molecule has 0 aliphatic carbocycles. The zero-order valence-corrected chi connectivity index (χ0v) is 11.8. The molecule has 0 aliphatic rings. The summed E-state index contributed by atoms with van der Waals surface area (Å²) in [7, 11) is 1.64. The van der Waals surface area contributed by atoms with E-state index in [1.165, 1.54) is 5.56 Å². The maximum Gasteiger partial charge on any atom is 0.169 e. The van der Waals surface area contributed by atoms with E-state index in [-0.39, 0.29) is 0 Å². The van der Waals surface area contributed by atoms with Crippen molar-refractivity contribution in [1.29, 1.82) is 0 Å². The van der Waals surface area contributed by atoms with E-state index in [9.17, 15) is 0 Å². The Bertz CT molecular complexity index is 558. The molecule has 0 saturated heterocycles. The lowest BCUT2D eigenvalue weighted by molar-refractivity contribution is 0.378. The van der Waals surface area contributed by atoms with Crippen molar-refractivity contribution in [2.24, 2.45) is 0 Å². The van der Waals surface area contributed by atoms with E-state index >= 15 is 0 Å². The summed E-state index contributed by atoms with van der Waals surface area (Å²) >= 11 is 5.76. The molecule has 0 spiro atoms. The molecule has 2 aromatic rings. The SMILES string of the molecule is CCc1ccc(Oc2ccnc(CCl)c2)c(OC)c1. The molecule has 0 bridgehead atoms. The van der Waals surface area contributed by atoms with Crippen molar-refractivity contribution in [3.05, 3.63) is 47.8 Å². The standard InChI is InChI=1S/C15H16ClNO2/c1-3-11-4-5-14(15(8-11)18-2)19-13-6-7-17-12(9-13)10-16/h4-9H,3,10H2,1-2H3. The maximum atomic E-state index is 5.82. The predicted molar refractivity (Wildman–Crippen MR) is 76.2 cm³/mol. The van der Waals surface area contributed by atoms with Gasteiger partial charge in [0.25, 0.3) is 0 Å². The van der Waals surface area contributed by atoms with E-state index < -0.39 is 0 Å². The fourth-order valence-corrected chi connectivity index (χ4v) is 1.88. The predicted octanol–water partition coefficient (Wildman–Crippen LogP) is 4.18. The fraction of sp³-hybridized carbons (Fsp3) is 0.267. The molecule has 0 radical (unpaired) electrons. The number of aromatic nitrogens is 1. The Morgan fingerprint density at radius 3 is 2.68 bits per heavy atom. The lowest BCUT2D eigenvalue weighted by Gasteiger charge is -2.11. The van der Waals surface area contributed by atoms with Crippen LogP contribution in [0.4, 0.5) is 0 Å². The molecule has 0 unspecified atom stereocenters. The molecular weight excluding hydrogens is 262 g/mol. The second kappa shape index (κ2) is 6.43. The average molecular weight is 278 g/mol. The number of nitrogens with zero attached hydrogens (tertiary/aromatic N) is 1. The fourth-order valence-electron chi connectivity index (χ4n) is 1.74. The van der Waals surface area contributed by atoms with E-state index in [2.05, 4.69) is 11.9 Å². The van der Waals surface area contributed by atoms with E-state index in [0.29, 0.717) is 17.4 Å². The van der Waals surface area contributed by atoms with Crippen LogP contribution in [0.5, 0.6) is 17.2 Å². The van der Waals surface area contributed by atoms with Gasteiger partial charge in [0.05, 0.1) is 18.7 Å². The van der Waals surface area contributed by atoms with Gasteiger partial charge in [-0.1, -0.05) is 13.0 Å². The van der Waals surface area contributed by atoms with Gasteiger partial charge in [0.1, 0.15) is 5.75 Å². The lowest BCUT2D eigenvalue weighted by atomic mass is 10.1. The zero-order chi connectivity index (χ0) is 13.7. The van der Waals surface area contributed by atoms with Crippen LogP contribution in [0, 0.1) is 0 Å². The van der Waals surface area contributed by atoms with E-state index in [4.69, 9.17) is 21.1 Å². The Morgan fingerprint density at radius 2 is 2.00 bits per heavy atom. The highest BCUT2D eigenvalue weighted by molar-refractivity contribution is 6.16. The number of hydrogen-bond donors (Lipinski definition) is 0. The second-order valence-corrected chi connectivity index (χ2v) is 4.32. The number of alkyl halides is 1. The molecule has 0 aliphatic heterocycles. The Balaban J connectivity index is 2.26. The molecule has 1 heterocycles. The van der Waals surface area contributed by atoms with Gasteiger partial charge in [0, 0.05) is 12.3 Å². The Kier molecular flexibility index (Phi) is 4.63. The lowest BCUT2D eigenvalue weighted by Crippen LogP contribution is -1.93. The van der Waals surface area contributed by atoms with E-state index in [0.717, 1.165) is 17.9 Å². The third kappa shape index (κ3) is 3.38. The molecule has 0 amide bonds. The minimum absolute atomic E-state index is 0.364. The molecular formula is C15H16ClNO2. The number of pyridine rings is 1. The number of methoxy groups -OCH3 is 1. The van der Waals surface area contributed by atoms with Gasteiger partial charge in [-0.2, -0.15) is 0 Å². The minimum atomic E-state index is 0.364. The van der Waals surface area contributed by atoms with Gasteiger partial charge in [-0.25, -0.2) is 0 Å². The highest BCUT2D eigenvalue weighted by Crippen LogP contribution is 2.32. The van der Waals surface area contributed by atoms with Crippen molar-refractivity contribution in [1.82, 2.24) is 4.98 Å². The first-order chi connectivity index (χ1) is 9.26. The highest BCUT2D eigenvalue weighted by atomic mass is 35.5. The molecule has 2 rings (SSSR count). The topological polar surface area (TPSA) is 31.4 Å². The van der Waals surface area contributed by atoms with Gasteiger partial charge in [-0.15, -0.1) is 11.6 Å². The summed E-state index contributed by atoms with van der Waals surface area (Å²) < 4.78 is 11.2. The zero-order valence-electron chi connectivity index (χ0n) is 11.0. The summed E-state index contributed by atoms with van der Waals surface area (Å²) in [5, 5.41) is 0. The van der Waals surface area contributed by atoms with Crippen molar-refractivity contribution in [3.8, 4) is 17.2 Å². The molecule has 1 aromatic heterocycles. The van der Waals surface area contributed by atoms with Gasteiger partial charge in [0.2, 0.25) is 0 Å². The Morgan fingerprint density at radius 1 is 1.16 bits per heavy atom. The monoisotopic (exact) mass is 277 g/mol. The van der Waals surface area contributed by atoms with Crippen LogP contribution in [0.2, 0.25) is 0 Å². The second-order valence-electron chi connectivity index (χ2n) is 4.06. The van der Waals surface area contributed by atoms with Crippen LogP contribution in [0.1, 0.15) is 18.2 Å². The van der Waals surface area contributed by atoms with Crippen molar-refractivity contribution in [3.63, 3.8) is 0 Å². The number of aryl methyl sites for hydroxylation is 1. The van der Waals surface area contributed by atoms with Crippen molar-refractivity contribution < 1.29 is 9.47 Å². The number of ether oxygens (including phenoxy) is 2. The molecule has 19 heavy (non-hydrogen) atoms. The highest BCUT2D eigenvalue weighted by Gasteiger charge is 2.07. The van der Waals surface area contributed by atoms with E-state index in [1.807, 2.05) is 24.3 Å². The Labute approximate surface area is 118 Å². The van der Waals surface area contributed by atoms with E-state index in [1.54, 1.807) is 19.4 Å². The summed E-state index contributed by atoms with van der Waals surface area (Å²) in [6, 6.07) is 9.54. The van der Waals surface area contributed by atoms with Crippen LogP contribution >= 0.6 is 11.6 Å². The summed E-state index contributed by atoms with van der Waals surface area (Å²) in [6.45, 7) is 2.10. The molecule has 0 saturated carbocycles. The minimum Gasteiger partial charge on any atom is -0.493 e. The first kappa shape index (κ1) is 13.7.